The lowest BCUT2D eigenvalue weighted by molar-refractivity contribution is -0.139. The van der Waals surface area contributed by atoms with Crippen molar-refractivity contribution in [2.75, 3.05) is 13.1 Å². The second-order valence-corrected chi connectivity index (χ2v) is 4.38. The van der Waals surface area contributed by atoms with Crippen LogP contribution in [-0.2, 0) is 4.79 Å². The fourth-order valence-electron chi connectivity index (χ4n) is 1.74. The molecule has 17 heavy (non-hydrogen) atoms. The Morgan fingerprint density at radius 3 is 2.76 bits per heavy atom. The largest absolute Gasteiger partial charge is 0.480 e. The average Bonchev–Trinajstić information content (AvgIpc) is 2.29. The summed E-state index contributed by atoms with van der Waals surface area (Å²) in [5.74, 6) is -0.969. The van der Waals surface area contributed by atoms with Gasteiger partial charge in [-0.25, -0.2) is 9.59 Å². The minimum Gasteiger partial charge on any atom is -0.480 e. The third-order valence-electron chi connectivity index (χ3n) is 2.90. The summed E-state index contributed by atoms with van der Waals surface area (Å²) < 4.78 is 0. The van der Waals surface area contributed by atoms with Crippen LogP contribution in [0.2, 0.25) is 0 Å². The second-order valence-electron chi connectivity index (χ2n) is 4.38. The quantitative estimate of drug-likeness (QED) is 0.733. The van der Waals surface area contributed by atoms with E-state index >= 15 is 0 Å². The number of hydrogen-bond donors (Lipinski definition) is 2. The molecule has 0 saturated heterocycles. The average molecular weight is 240 g/mol. The molecule has 1 rings (SSSR count). The maximum atomic E-state index is 11.8. The smallest absolute Gasteiger partial charge is 0.326 e. The molecular formula is C12H20N2O3. The fraction of sp³-hybridized carbons (Fsp3) is 0.667. The van der Waals surface area contributed by atoms with E-state index in [4.69, 9.17) is 5.11 Å². The van der Waals surface area contributed by atoms with Crippen molar-refractivity contribution in [3.8, 4) is 0 Å². The number of carboxylic acids is 1. The number of rotatable bonds is 4. The number of carboxylic acid groups (broad SMARTS) is 1. The molecule has 5 heteroatoms. The fourth-order valence-corrected chi connectivity index (χ4v) is 1.74. The third kappa shape index (κ3) is 4.09. The molecule has 1 heterocycles. The van der Waals surface area contributed by atoms with Gasteiger partial charge >= 0.3 is 12.0 Å². The second kappa shape index (κ2) is 6.27. The summed E-state index contributed by atoms with van der Waals surface area (Å²) in [7, 11) is 0. The van der Waals surface area contributed by atoms with E-state index in [0.717, 1.165) is 12.8 Å². The molecule has 2 amide bonds. The molecule has 0 radical (unpaired) electrons. The van der Waals surface area contributed by atoms with Gasteiger partial charge in [0.25, 0.3) is 0 Å². The summed E-state index contributed by atoms with van der Waals surface area (Å²) in [4.78, 5) is 24.4. The summed E-state index contributed by atoms with van der Waals surface area (Å²) in [5, 5.41) is 11.5. The van der Waals surface area contributed by atoms with E-state index in [0.29, 0.717) is 19.5 Å². The maximum absolute atomic E-state index is 11.8. The lowest BCUT2D eigenvalue weighted by Crippen LogP contribution is -2.49. The van der Waals surface area contributed by atoms with Crippen LogP contribution < -0.4 is 5.32 Å². The Morgan fingerprint density at radius 2 is 2.29 bits per heavy atom. The molecular weight excluding hydrogens is 220 g/mol. The highest BCUT2D eigenvalue weighted by atomic mass is 16.4. The van der Waals surface area contributed by atoms with Crippen molar-refractivity contribution in [1.29, 1.82) is 0 Å². The first-order valence-electron chi connectivity index (χ1n) is 5.98. The predicted molar refractivity (Wildman–Crippen MR) is 64.8 cm³/mol. The molecule has 0 saturated carbocycles. The number of amides is 2. The van der Waals surface area contributed by atoms with Gasteiger partial charge in [0.05, 0.1) is 0 Å². The normalized spacial score (nSPS) is 17.3. The maximum Gasteiger partial charge on any atom is 0.326 e. The van der Waals surface area contributed by atoms with E-state index in [-0.39, 0.29) is 6.03 Å². The van der Waals surface area contributed by atoms with Crippen molar-refractivity contribution in [2.45, 2.75) is 39.2 Å². The van der Waals surface area contributed by atoms with Crippen LogP contribution in [0.4, 0.5) is 4.79 Å². The summed E-state index contributed by atoms with van der Waals surface area (Å²) in [6, 6.07) is -1.06. The Hall–Kier alpha value is -1.52. The van der Waals surface area contributed by atoms with Crippen LogP contribution >= 0.6 is 0 Å². The zero-order chi connectivity index (χ0) is 12.8. The number of carbonyl (C=O) groups is 2. The van der Waals surface area contributed by atoms with Gasteiger partial charge in [-0.2, -0.15) is 0 Å². The monoisotopic (exact) mass is 240 g/mol. The lowest BCUT2D eigenvalue weighted by Gasteiger charge is -2.27. The zero-order valence-corrected chi connectivity index (χ0v) is 10.4. The van der Waals surface area contributed by atoms with Gasteiger partial charge < -0.3 is 15.3 Å². The minimum absolute atomic E-state index is 0.283. The molecule has 5 nitrogen and oxygen atoms in total. The molecule has 0 aromatic heterocycles. The van der Waals surface area contributed by atoms with Gasteiger partial charge in [0, 0.05) is 13.1 Å². The van der Waals surface area contributed by atoms with E-state index < -0.39 is 12.0 Å². The van der Waals surface area contributed by atoms with Crippen molar-refractivity contribution in [3.05, 3.63) is 11.6 Å². The van der Waals surface area contributed by atoms with Crippen LogP contribution in [0, 0.1) is 0 Å². The zero-order valence-electron chi connectivity index (χ0n) is 10.4. The minimum atomic E-state index is -0.969. The van der Waals surface area contributed by atoms with Gasteiger partial charge in [-0.1, -0.05) is 25.0 Å². The molecule has 2 N–H and O–H groups in total. The van der Waals surface area contributed by atoms with Crippen LogP contribution in [-0.4, -0.2) is 41.1 Å². The number of hydrogen-bond acceptors (Lipinski definition) is 2. The van der Waals surface area contributed by atoms with Crippen molar-refractivity contribution >= 4 is 12.0 Å². The Bertz CT molecular complexity index is 326. The summed E-state index contributed by atoms with van der Waals surface area (Å²) in [5.41, 5.74) is 1.28. The Morgan fingerprint density at radius 1 is 1.59 bits per heavy atom. The molecule has 0 bridgehead atoms. The van der Waals surface area contributed by atoms with E-state index in [1.54, 1.807) is 4.90 Å². The van der Waals surface area contributed by atoms with E-state index in [1.807, 2.05) is 19.9 Å². The van der Waals surface area contributed by atoms with Gasteiger partial charge in [-0.15, -0.1) is 0 Å². The molecule has 0 fully saturated rings. The van der Waals surface area contributed by atoms with Crippen LogP contribution in [0.15, 0.2) is 11.6 Å². The Balaban J connectivity index is 2.50. The lowest BCUT2D eigenvalue weighted by atomic mass is 10.1. The van der Waals surface area contributed by atoms with Crippen LogP contribution in [0.1, 0.15) is 33.1 Å². The number of urea groups is 1. The SMILES string of the molecule is CCCC(NC(=O)N1CC=C(C)CC1)C(=O)O. The first-order chi connectivity index (χ1) is 8.04. The van der Waals surface area contributed by atoms with E-state index in [2.05, 4.69) is 5.32 Å². The Labute approximate surface area is 101 Å². The van der Waals surface area contributed by atoms with Crippen LogP contribution in [0.3, 0.4) is 0 Å². The number of nitrogens with zero attached hydrogens (tertiary/aromatic N) is 1. The van der Waals surface area contributed by atoms with Gasteiger partial charge in [0.1, 0.15) is 6.04 Å². The Kier molecular flexibility index (Phi) is 5.00. The summed E-state index contributed by atoms with van der Waals surface area (Å²) >= 11 is 0. The molecule has 1 aliphatic rings. The first-order valence-corrected chi connectivity index (χ1v) is 5.98. The predicted octanol–water partition coefficient (Wildman–Crippen LogP) is 1.60. The van der Waals surface area contributed by atoms with Crippen molar-refractivity contribution in [1.82, 2.24) is 10.2 Å². The highest BCUT2D eigenvalue weighted by Crippen LogP contribution is 2.10. The van der Waals surface area contributed by atoms with E-state index in [9.17, 15) is 9.59 Å². The molecule has 0 aromatic rings. The number of carbonyl (C=O) groups excluding carboxylic acids is 1. The topological polar surface area (TPSA) is 69.6 Å². The highest BCUT2D eigenvalue weighted by Gasteiger charge is 2.22. The van der Waals surface area contributed by atoms with E-state index in [1.165, 1.54) is 5.57 Å². The van der Waals surface area contributed by atoms with Gasteiger partial charge in [-0.05, 0) is 19.8 Å². The molecule has 0 spiro atoms. The van der Waals surface area contributed by atoms with Crippen molar-refractivity contribution in [3.63, 3.8) is 0 Å². The van der Waals surface area contributed by atoms with Gasteiger partial charge in [-0.3, -0.25) is 0 Å². The molecule has 1 atom stereocenters. The molecule has 0 aliphatic carbocycles. The van der Waals surface area contributed by atoms with Crippen LogP contribution in [0.25, 0.3) is 0 Å². The summed E-state index contributed by atoms with van der Waals surface area (Å²) in [6.07, 6.45) is 4.05. The third-order valence-corrected chi connectivity index (χ3v) is 2.90. The van der Waals surface area contributed by atoms with Crippen LogP contribution in [0.5, 0.6) is 0 Å². The molecule has 1 aliphatic heterocycles. The number of aliphatic carboxylic acids is 1. The first kappa shape index (κ1) is 13.5. The molecule has 1 unspecified atom stereocenters. The van der Waals surface area contributed by atoms with Gasteiger partial charge in [0.15, 0.2) is 0 Å². The molecule has 0 aromatic carbocycles. The standard InChI is InChI=1S/C12H20N2O3/c1-3-4-10(11(15)16)13-12(17)14-7-5-9(2)6-8-14/h5,10H,3-4,6-8H2,1-2H3,(H,13,17)(H,15,16). The summed E-state index contributed by atoms with van der Waals surface area (Å²) in [6.45, 7) is 5.16. The highest BCUT2D eigenvalue weighted by molar-refractivity contribution is 5.82. The van der Waals surface area contributed by atoms with Crippen molar-refractivity contribution < 1.29 is 14.7 Å². The number of nitrogens with one attached hydrogen (secondary N) is 1. The van der Waals surface area contributed by atoms with Gasteiger partial charge in [0.2, 0.25) is 0 Å². The van der Waals surface area contributed by atoms with Crippen molar-refractivity contribution in [2.24, 2.45) is 0 Å². The molecule has 96 valence electrons.